The fourth-order valence-electron chi connectivity index (χ4n) is 1.43. The van der Waals surface area contributed by atoms with Gasteiger partial charge in [-0.3, -0.25) is 4.68 Å². The van der Waals surface area contributed by atoms with E-state index < -0.39 is 17.4 Å². The second kappa shape index (κ2) is 5.43. The number of halogens is 3. The van der Waals surface area contributed by atoms with Gasteiger partial charge in [0, 0.05) is 12.4 Å². The Kier molecular flexibility index (Phi) is 3.90. The molecule has 0 saturated heterocycles. The van der Waals surface area contributed by atoms with Crippen LogP contribution in [0.3, 0.4) is 0 Å². The lowest BCUT2D eigenvalue weighted by atomic mass is 10.2. The summed E-state index contributed by atoms with van der Waals surface area (Å²) in [4.78, 5) is 0. The third kappa shape index (κ3) is 2.84. The maximum Gasteiger partial charge on any atom is 0.191 e. The van der Waals surface area contributed by atoms with Crippen molar-refractivity contribution in [3.05, 3.63) is 41.2 Å². The predicted molar refractivity (Wildman–Crippen MR) is 64.3 cm³/mol. The average molecular weight is 318 g/mol. The first kappa shape index (κ1) is 12.9. The van der Waals surface area contributed by atoms with Gasteiger partial charge in [0.05, 0.1) is 6.20 Å². The standard InChI is InChI=1S/C11H10BrF2N3O/c1-17-5-8(15-16-17)6-18-11-9(13)2-7(4-12)3-10(11)14/h2-3,5H,4,6H2,1H3. The second-order valence-corrected chi connectivity index (χ2v) is 4.26. The molecule has 0 amide bonds. The molecule has 1 heterocycles. The van der Waals surface area contributed by atoms with Crippen molar-refractivity contribution in [2.45, 2.75) is 11.9 Å². The van der Waals surface area contributed by atoms with E-state index in [0.717, 1.165) is 0 Å². The van der Waals surface area contributed by atoms with E-state index in [9.17, 15) is 8.78 Å². The molecule has 4 nitrogen and oxygen atoms in total. The van der Waals surface area contributed by atoms with Gasteiger partial charge in [-0.05, 0) is 17.7 Å². The molecule has 1 aromatic carbocycles. The van der Waals surface area contributed by atoms with Crippen molar-refractivity contribution >= 4 is 15.9 Å². The van der Waals surface area contributed by atoms with Crippen LogP contribution in [0.15, 0.2) is 18.3 Å². The first-order valence-corrected chi connectivity index (χ1v) is 6.24. The summed E-state index contributed by atoms with van der Waals surface area (Å²) in [5.41, 5.74) is 1.01. The van der Waals surface area contributed by atoms with Crippen LogP contribution in [0.5, 0.6) is 5.75 Å². The molecule has 0 unspecified atom stereocenters. The molecular weight excluding hydrogens is 308 g/mol. The van der Waals surface area contributed by atoms with Gasteiger partial charge < -0.3 is 4.74 Å². The SMILES string of the molecule is Cn1cc(COc2c(F)cc(CBr)cc2F)nn1. The topological polar surface area (TPSA) is 39.9 Å². The van der Waals surface area contributed by atoms with Crippen LogP contribution in [0, 0.1) is 11.6 Å². The lowest BCUT2D eigenvalue weighted by Gasteiger charge is -2.07. The summed E-state index contributed by atoms with van der Waals surface area (Å²) in [7, 11) is 1.70. The molecule has 0 N–H and O–H groups in total. The normalized spacial score (nSPS) is 10.7. The molecule has 2 rings (SSSR count). The number of aryl methyl sites for hydroxylation is 1. The van der Waals surface area contributed by atoms with Crippen molar-refractivity contribution < 1.29 is 13.5 Å². The number of nitrogens with zero attached hydrogens (tertiary/aromatic N) is 3. The lowest BCUT2D eigenvalue weighted by Crippen LogP contribution is -2.01. The summed E-state index contributed by atoms with van der Waals surface area (Å²) in [6.07, 6.45) is 1.61. The van der Waals surface area contributed by atoms with E-state index in [0.29, 0.717) is 16.6 Å². The monoisotopic (exact) mass is 317 g/mol. The van der Waals surface area contributed by atoms with E-state index in [-0.39, 0.29) is 6.61 Å². The Morgan fingerprint density at radius 2 is 2.00 bits per heavy atom. The van der Waals surface area contributed by atoms with Crippen LogP contribution in [-0.4, -0.2) is 15.0 Å². The Bertz CT molecular complexity index is 536. The van der Waals surface area contributed by atoms with Gasteiger partial charge in [0.1, 0.15) is 12.3 Å². The number of ether oxygens (including phenoxy) is 1. The molecule has 7 heteroatoms. The minimum atomic E-state index is -0.728. The van der Waals surface area contributed by atoms with E-state index in [4.69, 9.17) is 4.74 Å². The van der Waals surface area contributed by atoms with Crippen LogP contribution in [-0.2, 0) is 19.0 Å². The van der Waals surface area contributed by atoms with Crippen molar-refractivity contribution in [2.24, 2.45) is 7.05 Å². The van der Waals surface area contributed by atoms with Gasteiger partial charge >= 0.3 is 0 Å². The first-order chi connectivity index (χ1) is 8.60. The molecular formula is C11H10BrF2N3O. The third-order valence-corrected chi connectivity index (χ3v) is 2.87. The molecule has 0 saturated carbocycles. The van der Waals surface area contributed by atoms with Gasteiger partial charge in [0.2, 0.25) is 0 Å². The van der Waals surface area contributed by atoms with Gasteiger partial charge in [0.25, 0.3) is 0 Å². The highest BCUT2D eigenvalue weighted by Crippen LogP contribution is 2.25. The molecule has 0 aliphatic rings. The molecule has 0 spiro atoms. The smallest absolute Gasteiger partial charge is 0.191 e. The van der Waals surface area contributed by atoms with Crippen molar-refractivity contribution in [1.82, 2.24) is 15.0 Å². The number of hydrogen-bond donors (Lipinski definition) is 0. The minimum Gasteiger partial charge on any atom is -0.481 e. The fourth-order valence-corrected chi connectivity index (χ4v) is 1.76. The van der Waals surface area contributed by atoms with Crippen molar-refractivity contribution in [3.63, 3.8) is 0 Å². The Morgan fingerprint density at radius 1 is 1.33 bits per heavy atom. The largest absolute Gasteiger partial charge is 0.481 e. The number of aromatic nitrogens is 3. The summed E-state index contributed by atoms with van der Waals surface area (Å²) in [5, 5.41) is 7.83. The van der Waals surface area contributed by atoms with Crippen LogP contribution in [0.4, 0.5) is 8.78 Å². The third-order valence-electron chi connectivity index (χ3n) is 2.23. The summed E-state index contributed by atoms with van der Waals surface area (Å²) < 4.78 is 33.7. The zero-order valence-electron chi connectivity index (χ0n) is 9.53. The quantitative estimate of drug-likeness (QED) is 0.814. The van der Waals surface area contributed by atoms with Crippen LogP contribution >= 0.6 is 15.9 Å². The number of benzene rings is 1. The first-order valence-electron chi connectivity index (χ1n) is 5.12. The van der Waals surface area contributed by atoms with E-state index in [1.165, 1.54) is 16.8 Å². The van der Waals surface area contributed by atoms with Gasteiger partial charge in [-0.25, -0.2) is 8.78 Å². The molecule has 18 heavy (non-hydrogen) atoms. The van der Waals surface area contributed by atoms with Crippen molar-refractivity contribution in [1.29, 1.82) is 0 Å². The minimum absolute atomic E-state index is 0.0324. The Morgan fingerprint density at radius 3 is 2.50 bits per heavy atom. The van der Waals surface area contributed by atoms with Crippen LogP contribution in [0.2, 0.25) is 0 Å². The summed E-state index contributed by atoms with van der Waals surface area (Å²) in [5.74, 6) is -1.85. The highest BCUT2D eigenvalue weighted by atomic mass is 79.9. The van der Waals surface area contributed by atoms with Crippen LogP contribution < -0.4 is 4.74 Å². The summed E-state index contributed by atoms with van der Waals surface area (Å²) >= 11 is 3.13. The van der Waals surface area contributed by atoms with Crippen LogP contribution in [0.25, 0.3) is 0 Å². The molecule has 1 aromatic heterocycles. The van der Waals surface area contributed by atoms with E-state index in [2.05, 4.69) is 26.2 Å². The molecule has 0 bridgehead atoms. The zero-order valence-corrected chi connectivity index (χ0v) is 11.1. The van der Waals surface area contributed by atoms with Gasteiger partial charge in [-0.15, -0.1) is 5.10 Å². The van der Waals surface area contributed by atoms with Gasteiger partial charge in [0.15, 0.2) is 17.4 Å². The Balaban J connectivity index is 2.14. The van der Waals surface area contributed by atoms with Crippen molar-refractivity contribution in [2.75, 3.05) is 0 Å². The highest BCUT2D eigenvalue weighted by Gasteiger charge is 2.13. The Hall–Kier alpha value is -1.50. The molecule has 2 aromatic rings. The lowest BCUT2D eigenvalue weighted by molar-refractivity contribution is 0.270. The van der Waals surface area contributed by atoms with Crippen LogP contribution in [0.1, 0.15) is 11.3 Å². The predicted octanol–water partition coefficient (Wildman–Crippen LogP) is 2.57. The number of rotatable bonds is 4. The van der Waals surface area contributed by atoms with Crippen molar-refractivity contribution in [3.8, 4) is 5.75 Å². The molecule has 0 fully saturated rings. The maximum absolute atomic E-state index is 13.6. The summed E-state index contributed by atoms with van der Waals surface area (Å²) in [6.45, 7) is -0.0324. The second-order valence-electron chi connectivity index (χ2n) is 3.69. The average Bonchev–Trinajstić information content (AvgIpc) is 2.73. The number of hydrogen-bond acceptors (Lipinski definition) is 3. The molecule has 0 atom stereocenters. The molecule has 0 aliphatic carbocycles. The molecule has 0 aliphatic heterocycles. The summed E-state index contributed by atoms with van der Waals surface area (Å²) in [6, 6.07) is 2.45. The fraction of sp³-hybridized carbons (Fsp3) is 0.273. The maximum atomic E-state index is 13.6. The number of alkyl halides is 1. The molecule has 96 valence electrons. The molecule has 0 radical (unpaired) electrons. The van der Waals surface area contributed by atoms with E-state index >= 15 is 0 Å². The van der Waals surface area contributed by atoms with E-state index in [1.54, 1.807) is 13.2 Å². The van der Waals surface area contributed by atoms with Gasteiger partial charge in [-0.2, -0.15) is 0 Å². The zero-order chi connectivity index (χ0) is 13.1. The van der Waals surface area contributed by atoms with E-state index in [1.807, 2.05) is 0 Å². The Labute approximate surface area is 111 Å². The highest BCUT2D eigenvalue weighted by molar-refractivity contribution is 9.08. The van der Waals surface area contributed by atoms with Gasteiger partial charge in [-0.1, -0.05) is 21.1 Å².